The van der Waals surface area contributed by atoms with Crippen molar-refractivity contribution >= 4 is 11.8 Å². The molecule has 0 aliphatic heterocycles. The van der Waals surface area contributed by atoms with Gasteiger partial charge < -0.3 is 10.3 Å². The first-order valence-electron chi connectivity index (χ1n) is 5.79. The maximum absolute atomic E-state index is 5.89. The molecule has 0 saturated heterocycles. The van der Waals surface area contributed by atoms with Crippen LogP contribution < -0.4 is 5.73 Å². The van der Waals surface area contributed by atoms with E-state index in [-0.39, 0.29) is 6.04 Å². The summed E-state index contributed by atoms with van der Waals surface area (Å²) in [6, 6.07) is -0.110. The third-order valence-electron chi connectivity index (χ3n) is 2.08. The first-order valence-corrected chi connectivity index (χ1v) is 6.94. The highest BCUT2D eigenvalue weighted by Gasteiger charge is 2.13. The van der Waals surface area contributed by atoms with Crippen molar-refractivity contribution in [2.45, 2.75) is 45.4 Å². The number of hydrogen-bond donors (Lipinski definition) is 1. The summed E-state index contributed by atoms with van der Waals surface area (Å²) in [7, 11) is 0. The highest BCUT2D eigenvalue weighted by atomic mass is 32.2. The average molecular weight is 243 g/mol. The monoisotopic (exact) mass is 243 g/mol. The molecule has 5 heteroatoms. The van der Waals surface area contributed by atoms with Crippen LogP contribution in [0.5, 0.6) is 0 Å². The van der Waals surface area contributed by atoms with E-state index in [1.165, 1.54) is 0 Å². The van der Waals surface area contributed by atoms with Crippen LogP contribution in [0.15, 0.2) is 4.52 Å². The largest absolute Gasteiger partial charge is 0.338 e. The molecule has 0 bridgehead atoms. The van der Waals surface area contributed by atoms with Gasteiger partial charge in [0.2, 0.25) is 5.89 Å². The molecule has 1 atom stereocenters. The molecule has 1 aromatic rings. The van der Waals surface area contributed by atoms with Crippen molar-refractivity contribution < 1.29 is 4.52 Å². The molecule has 1 unspecified atom stereocenters. The Labute approximate surface area is 101 Å². The van der Waals surface area contributed by atoms with Crippen LogP contribution in [0.2, 0.25) is 0 Å². The third kappa shape index (κ3) is 4.53. The van der Waals surface area contributed by atoms with E-state index in [0.29, 0.717) is 11.8 Å². The first-order chi connectivity index (χ1) is 7.63. The standard InChI is InChI=1S/C11H21N3OS/c1-4-5-9(12)11-13-10(14-15-11)7-16-6-8(2)3/h8-9H,4-7,12H2,1-3H3. The fourth-order valence-electron chi connectivity index (χ4n) is 1.30. The average Bonchev–Trinajstić information content (AvgIpc) is 2.66. The normalized spacial score (nSPS) is 13.3. The molecule has 0 aliphatic carbocycles. The molecule has 0 radical (unpaired) electrons. The van der Waals surface area contributed by atoms with Gasteiger partial charge in [0.15, 0.2) is 5.82 Å². The van der Waals surface area contributed by atoms with Crippen LogP contribution in [0, 0.1) is 5.92 Å². The molecule has 92 valence electrons. The van der Waals surface area contributed by atoms with E-state index >= 15 is 0 Å². The molecular formula is C11H21N3OS. The quantitative estimate of drug-likeness (QED) is 0.797. The van der Waals surface area contributed by atoms with E-state index < -0.39 is 0 Å². The fourth-order valence-corrected chi connectivity index (χ4v) is 2.19. The van der Waals surface area contributed by atoms with E-state index in [1.807, 2.05) is 11.8 Å². The Morgan fingerprint density at radius 3 is 2.81 bits per heavy atom. The summed E-state index contributed by atoms with van der Waals surface area (Å²) in [5, 5.41) is 3.93. The third-order valence-corrected chi connectivity index (χ3v) is 3.45. The van der Waals surface area contributed by atoms with Crippen LogP contribution >= 0.6 is 11.8 Å². The maximum Gasteiger partial charge on any atom is 0.243 e. The van der Waals surface area contributed by atoms with Crippen LogP contribution in [-0.4, -0.2) is 15.9 Å². The molecular weight excluding hydrogens is 222 g/mol. The summed E-state index contributed by atoms with van der Waals surface area (Å²) in [4.78, 5) is 4.30. The predicted molar refractivity (Wildman–Crippen MR) is 67.1 cm³/mol. The summed E-state index contributed by atoms with van der Waals surface area (Å²) in [6.07, 6.45) is 1.92. The number of nitrogens with zero attached hydrogens (tertiary/aromatic N) is 2. The topological polar surface area (TPSA) is 64.9 Å². The Hall–Kier alpha value is -0.550. The Morgan fingerprint density at radius 1 is 1.44 bits per heavy atom. The van der Waals surface area contributed by atoms with Crippen LogP contribution in [0.25, 0.3) is 0 Å². The van der Waals surface area contributed by atoms with Gasteiger partial charge in [-0.3, -0.25) is 0 Å². The van der Waals surface area contributed by atoms with Crippen LogP contribution in [0.3, 0.4) is 0 Å². The highest BCUT2D eigenvalue weighted by Crippen LogP contribution is 2.17. The SMILES string of the molecule is CCCC(N)c1nc(CSCC(C)C)no1. The minimum absolute atomic E-state index is 0.110. The molecule has 1 rings (SSSR count). The van der Waals surface area contributed by atoms with Gasteiger partial charge in [0.1, 0.15) is 0 Å². The zero-order chi connectivity index (χ0) is 12.0. The predicted octanol–water partition coefficient (Wildman–Crippen LogP) is 2.76. The zero-order valence-corrected chi connectivity index (χ0v) is 11.1. The number of hydrogen-bond acceptors (Lipinski definition) is 5. The second kappa shape index (κ2) is 6.91. The number of rotatable bonds is 7. The first kappa shape index (κ1) is 13.5. The van der Waals surface area contributed by atoms with Crippen molar-refractivity contribution in [3.05, 3.63) is 11.7 Å². The zero-order valence-electron chi connectivity index (χ0n) is 10.3. The molecule has 0 aliphatic rings. The summed E-state index contributed by atoms with van der Waals surface area (Å²) >= 11 is 1.83. The molecule has 1 aromatic heterocycles. The number of aromatic nitrogens is 2. The van der Waals surface area contributed by atoms with E-state index in [2.05, 4.69) is 30.9 Å². The van der Waals surface area contributed by atoms with Gasteiger partial charge in [0, 0.05) is 0 Å². The number of thioether (sulfide) groups is 1. The van der Waals surface area contributed by atoms with Crippen molar-refractivity contribution in [3.63, 3.8) is 0 Å². The molecule has 0 saturated carbocycles. The molecule has 4 nitrogen and oxygen atoms in total. The summed E-state index contributed by atoms with van der Waals surface area (Å²) in [5.74, 6) is 3.94. The van der Waals surface area contributed by atoms with Gasteiger partial charge in [0.05, 0.1) is 11.8 Å². The lowest BCUT2D eigenvalue weighted by Gasteiger charge is -2.02. The second-order valence-electron chi connectivity index (χ2n) is 4.35. The molecule has 16 heavy (non-hydrogen) atoms. The smallest absolute Gasteiger partial charge is 0.243 e. The van der Waals surface area contributed by atoms with Crippen LogP contribution in [-0.2, 0) is 5.75 Å². The maximum atomic E-state index is 5.89. The summed E-state index contributed by atoms with van der Waals surface area (Å²) in [6.45, 7) is 6.49. The van der Waals surface area contributed by atoms with Gasteiger partial charge in [-0.05, 0) is 18.1 Å². The Morgan fingerprint density at radius 2 is 2.19 bits per heavy atom. The summed E-state index contributed by atoms with van der Waals surface area (Å²) in [5.41, 5.74) is 5.89. The molecule has 0 fully saturated rings. The van der Waals surface area contributed by atoms with Gasteiger partial charge in [-0.2, -0.15) is 16.7 Å². The van der Waals surface area contributed by atoms with E-state index in [9.17, 15) is 0 Å². The second-order valence-corrected chi connectivity index (χ2v) is 5.38. The van der Waals surface area contributed by atoms with Gasteiger partial charge in [-0.15, -0.1) is 0 Å². The number of nitrogens with two attached hydrogens (primary N) is 1. The Bertz CT molecular complexity index is 301. The molecule has 0 spiro atoms. The van der Waals surface area contributed by atoms with Crippen LogP contribution in [0.1, 0.15) is 51.4 Å². The van der Waals surface area contributed by atoms with Crippen molar-refractivity contribution in [1.82, 2.24) is 10.1 Å². The van der Waals surface area contributed by atoms with Gasteiger partial charge in [-0.25, -0.2) is 0 Å². The highest BCUT2D eigenvalue weighted by molar-refractivity contribution is 7.98. The van der Waals surface area contributed by atoms with Crippen molar-refractivity contribution in [3.8, 4) is 0 Å². The molecule has 1 heterocycles. The van der Waals surface area contributed by atoms with Gasteiger partial charge in [0.25, 0.3) is 0 Å². The Balaban J connectivity index is 2.39. The molecule has 0 aromatic carbocycles. The minimum atomic E-state index is -0.110. The minimum Gasteiger partial charge on any atom is -0.338 e. The van der Waals surface area contributed by atoms with Crippen molar-refractivity contribution in [2.24, 2.45) is 11.7 Å². The van der Waals surface area contributed by atoms with Crippen molar-refractivity contribution in [2.75, 3.05) is 5.75 Å². The lowest BCUT2D eigenvalue weighted by molar-refractivity contribution is 0.345. The Kier molecular flexibility index (Phi) is 5.84. The molecule has 0 amide bonds. The molecule has 2 N–H and O–H groups in total. The van der Waals surface area contributed by atoms with Crippen molar-refractivity contribution in [1.29, 1.82) is 0 Å². The van der Waals surface area contributed by atoms with E-state index in [1.54, 1.807) is 0 Å². The van der Waals surface area contributed by atoms with Crippen LogP contribution in [0.4, 0.5) is 0 Å². The lowest BCUT2D eigenvalue weighted by atomic mass is 10.2. The van der Waals surface area contributed by atoms with E-state index in [0.717, 1.165) is 30.2 Å². The van der Waals surface area contributed by atoms with E-state index in [4.69, 9.17) is 10.3 Å². The fraction of sp³-hybridized carbons (Fsp3) is 0.818. The van der Waals surface area contributed by atoms with Gasteiger partial charge >= 0.3 is 0 Å². The van der Waals surface area contributed by atoms with Gasteiger partial charge in [-0.1, -0.05) is 32.3 Å². The summed E-state index contributed by atoms with van der Waals surface area (Å²) < 4.78 is 5.14. The lowest BCUT2D eigenvalue weighted by Crippen LogP contribution is -2.10.